The molecule has 3 aliphatic rings. The van der Waals surface area contributed by atoms with Gasteiger partial charge in [-0.3, -0.25) is 4.79 Å². The number of fused-ring (bicyclic) bond motifs is 1. The first kappa shape index (κ1) is 19.3. The fraction of sp³-hybridized carbons (Fsp3) is 0.652. The molecule has 0 radical (unpaired) electrons. The number of carbonyl (C=O) groups is 2. The van der Waals surface area contributed by atoms with Crippen LogP contribution in [0.5, 0.6) is 0 Å². The highest BCUT2D eigenvalue weighted by atomic mass is 16.6. The van der Waals surface area contributed by atoms with Gasteiger partial charge in [0, 0.05) is 24.9 Å². The molecule has 2 amide bonds. The van der Waals surface area contributed by atoms with Gasteiger partial charge in [0.05, 0.1) is 5.54 Å². The first-order chi connectivity index (χ1) is 13.0. The predicted octanol–water partition coefficient (Wildman–Crippen LogP) is 3.84. The molecule has 5 heteroatoms. The molecule has 1 N–H and O–H groups in total. The van der Waals surface area contributed by atoms with E-state index in [2.05, 4.69) is 43.1 Å². The van der Waals surface area contributed by atoms with E-state index < -0.39 is 5.60 Å². The van der Waals surface area contributed by atoms with Gasteiger partial charge < -0.3 is 15.0 Å². The minimum Gasteiger partial charge on any atom is -0.444 e. The number of benzene rings is 1. The number of amides is 2. The minimum atomic E-state index is -0.535. The number of hydrogen-bond acceptors (Lipinski definition) is 3. The summed E-state index contributed by atoms with van der Waals surface area (Å²) in [6.45, 7) is 12.9. The zero-order chi connectivity index (χ0) is 20.4. The smallest absolute Gasteiger partial charge is 0.407 e. The van der Waals surface area contributed by atoms with Crippen molar-refractivity contribution in [1.29, 1.82) is 0 Å². The van der Waals surface area contributed by atoms with Crippen molar-refractivity contribution in [3.63, 3.8) is 0 Å². The molecule has 4 rings (SSSR count). The highest BCUT2D eigenvalue weighted by molar-refractivity contribution is 5.82. The number of hydrogen-bond donors (Lipinski definition) is 1. The van der Waals surface area contributed by atoms with E-state index in [-0.39, 0.29) is 35.4 Å². The number of carbonyl (C=O) groups excluding carboxylic acids is 2. The van der Waals surface area contributed by atoms with Crippen LogP contribution in [0.3, 0.4) is 0 Å². The Labute approximate surface area is 167 Å². The van der Waals surface area contributed by atoms with Crippen molar-refractivity contribution in [2.45, 2.75) is 78.0 Å². The van der Waals surface area contributed by atoms with E-state index >= 15 is 0 Å². The van der Waals surface area contributed by atoms with E-state index in [9.17, 15) is 9.59 Å². The Balaban J connectivity index is 1.73. The van der Waals surface area contributed by atoms with Crippen LogP contribution in [0.25, 0.3) is 0 Å². The summed E-state index contributed by atoms with van der Waals surface area (Å²) in [5, 5.41) is 3.12. The SMILES string of the molecule is Cc1cc2c(cc1C)[C@@]13C[C@H](C)[C@@H](NC(=O)OC(C)(C)C)[C@@H]1CC(=O)N3CC2. The average molecular weight is 385 g/mol. The second kappa shape index (κ2) is 6.23. The summed E-state index contributed by atoms with van der Waals surface area (Å²) in [5.74, 6) is 0.584. The topological polar surface area (TPSA) is 58.6 Å². The zero-order valence-corrected chi connectivity index (χ0v) is 17.9. The summed E-state index contributed by atoms with van der Waals surface area (Å²) in [4.78, 5) is 27.5. The fourth-order valence-corrected chi connectivity index (χ4v) is 5.77. The van der Waals surface area contributed by atoms with Crippen LogP contribution in [-0.2, 0) is 21.5 Å². The lowest BCUT2D eigenvalue weighted by molar-refractivity contribution is -0.132. The van der Waals surface area contributed by atoms with Crippen LogP contribution in [0, 0.1) is 25.7 Å². The number of alkyl carbamates (subject to hydrolysis) is 1. The van der Waals surface area contributed by atoms with Gasteiger partial charge in [-0.2, -0.15) is 0 Å². The first-order valence-corrected chi connectivity index (χ1v) is 10.4. The lowest BCUT2D eigenvalue weighted by Crippen LogP contribution is -2.51. The average Bonchev–Trinajstić information content (AvgIpc) is 2.98. The van der Waals surface area contributed by atoms with Gasteiger partial charge in [0.25, 0.3) is 0 Å². The van der Waals surface area contributed by atoms with Crippen molar-refractivity contribution < 1.29 is 14.3 Å². The Morgan fingerprint density at radius 3 is 2.61 bits per heavy atom. The second-order valence-electron chi connectivity index (χ2n) is 9.98. The normalized spacial score (nSPS) is 31.3. The number of nitrogens with one attached hydrogen (secondary N) is 1. The molecule has 1 saturated heterocycles. The van der Waals surface area contributed by atoms with Crippen molar-refractivity contribution >= 4 is 12.0 Å². The maximum atomic E-state index is 12.9. The molecular weight excluding hydrogens is 352 g/mol. The summed E-state index contributed by atoms with van der Waals surface area (Å²) in [6, 6.07) is 4.54. The molecule has 152 valence electrons. The second-order valence-corrected chi connectivity index (χ2v) is 9.98. The molecule has 0 aromatic heterocycles. The van der Waals surface area contributed by atoms with Gasteiger partial charge in [-0.15, -0.1) is 0 Å². The fourth-order valence-electron chi connectivity index (χ4n) is 5.77. The Hall–Kier alpha value is -2.04. The van der Waals surface area contributed by atoms with Crippen molar-refractivity contribution in [2.24, 2.45) is 11.8 Å². The molecule has 0 unspecified atom stereocenters. The Kier molecular flexibility index (Phi) is 4.29. The summed E-state index contributed by atoms with van der Waals surface area (Å²) in [5.41, 5.74) is 4.42. The van der Waals surface area contributed by atoms with Crippen molar-refractivity contribution in [1.82, 2.24) is 10.2 Å². The minimum absolute atomic E-state index is 0.0589. The molecule has 2 fully saturated rings. The van der Waals surface area contributed by atoms with Gasteiger partial charge in [0.1, 0.15) is 5.60 Å². The molecule has 1 spiro atoms. The summed E-state index contributed by atoms with van der Waals surface area (Å²) in [6.07, 6.45) is 1.91. The van der Waals surface area contributed by atoms with E-state index in [0.717, 1.165) is 19.4 Å². The highest BCUT2D eigenvalue weighted by Gasteiger charge is 2.63. The molecule has 2 heterocycles. The largest absolute Gasteiger partial charge is 0.444 e. The number of ether oxygens (including phenoxy) is 1. The molecule has 1 aliphatic carbocycles. The Morgan fingerprint density at radius 2 is 1.93 bits per heavy atom. The van der Waals surface area contributed by atoms with Gasteiger partial charge in [-0.1, -0.05) is 19.1 Å². The Morgan fingerprint density at radius 1 is 1.25 bits per heavy atom. The molecule has 1 saturated carbocycles. The summed E-state index contributed by atoms with van der Waals surface area (Å²) in [7, 11) is 0. The van der Waals surface area contributed by atoms with Crippen LogP contribution in [-0.4, -0.2) is 35.1 Å². The van der Waals surface area contributed by atoms with Crippen LogP contribution < -0.4 is 5.32 Å². The molecule has 5 nitrogen and oxygen atoms in total. The monoisotopic (exact) mass is 384 g/mol. The molecule has 1 aromatic rings. The van der Waals surface area contributed by atoms with Crippen molar-refractivity contribution in [3.05, 3.63) is 34.4 Å². The quantitative estimate of drug-likeness (QED) is 0.800. The third-order valence-corrected chi connectivity index (χ3v) is 6.94. The van der Waals surface area contributed by atoms with Gasteiger partial charge in [-0.05, 0) is 75.6 Å². The maximum Gasteiger partial charge on any atom is 0.407 e. The number of aryl methyl sites for hydroxylation is 2. The molecule has 1 aromatic carbocycles. The summed E-state index contributed by atoms with van der Waals surface area (Å²) >= 11 is 0. The molecule has 4 atom stereocenters. The van der Waals surface area contributed by atoms with Gasteiger partial charge >= 0.3 is 6.09 Å². The van der Waals surface area contributed by atoms with Crippen LogP contribution in [0.2, 0.25) is 0 Å². The first-order valence-electron chi connectivity index (χ1n) is 10.4. The lowest BCUT2D eigenvalue weighted by Gasteiger charge is -2.45. The van der Waals surface area contributed by atoms with Crippen molar-refractivity contribution in [3.8, 4) is 0 Å². The molecule has 0 bridgehead atoms. The van der Waals surface area contributed by atoms with Gasteiger partial charge in [-0.25, -0.2) is 4.79 Å². The molecular formula is C23H32N2O3. The van der Waals surface area contributed by atoms with Gasteiger partial charge in [0.2, 0.25) is 5.91 Å². The van der Waals surface area contributed by atoms with Crippen LogP contribution in [0.15, 0.2) is 12.1 Å². The third-order valence-electron chi connectivity index (χ3n) is 6.94. The Bertz CT molecular complexity index is 841. The number of nitrogens with zero attached hydrogens (tertiary/aromatic N) is 1. The van der Waals surface area contributed by atoms with Gasteiger partial charge in [0.15, 0.2) is 0 Å². The van der Waals surface area contributed by atoms with Crippen LogP contribution in [0.4, 0.5) is 4.79 Å². The third kappa shape index (κ3) is 2.82. The standard InChI is InChI=1S/C23H32N2O3/c1-13-9-16-7-8-25-19(26)11-18-20(24-21(27)28-22(4,5)6)15(3)12-23(18,25)17(16)10-14(13)2/h9-10,15,18,20H,7-8,11-12H2,1-6H3,(H,24,27)/t15-,18-,20+,23-/m0/s1. The zero-order valence-electron chi connectivity index (χ0n) is 17.9. The van der Waals surface area contributed by atoms with Crippen LogP contribution >= 0.6 is 0 Å². The van der Waals surface area contributed by atoms with E-state index in [1.165, 1.54) is 22.3 Å². The summed E-state index contributed by atoms with van der Waals surface area (Å²) < 4.78 is 5.51. The molecule has 2 aliphatic heterocycles. The van der Waals surface area contributed by atoms with E-state index in [0.29, 0.717) is 6.42 Å². The molecule has 28 heavy (non-hydrogen) atoms. The number of rotatable bonds is 1. The predicted molar refractivity (Wildman–Crippen MR) is 108 cm³/mol. The van der Waals surface area contributed by atoms with Crippen LogP contribution in [0.1, 0.15) is 62.8 Å². The van der Waals surface area contributed by atoms with E-state index in [1.54, 1.807) is 0 Å². The van der Waals surface area contributed by atoms with Crippen molar-refractivity contribution in [2.75, 3.05) is 6.54 Å². The van der Waals surface area contributed by atoms with E-state index in [1.807, 2.05) is 20.8 Å². The highest BCUT2D eigenvalue weighted by Crippen LogP contribution is 2.58. The van der Waals surface area contributed by atoms with E-state index in [4.69, 9.17) is 4.74 Å². The lowest BCUT2D eigenvalue weighted by atomic mass is 9.74. The maximum absolute atomic E-state index is 12.9.